The molecule has 3 rings (SSSR count). The van der Waals surface area contributed by atoms with Crippen molar-refractivity contribution in [2.45, 2.75) is 25.1 Å². The Hall–Kier alpha value is -2.38. The van der Waals surface area contributed by atoms with Gasteiger partial charge in [-0.05, 0) is 29.2 Å². The SMILES string of the molecule is OOCCCN(Cc1cccc(C(F)(F)F)c1Cl)CC(c1ccccc1)c1ccccc1. The molecule has 0 aliphatic heterocycles. The van der Waals surface area contributed by atoms with Crippen LogP contribution in [-0.2, 0) is 17.6 Å². The Morgan fingerprint density at radius 1 is 0.875 bits per heavy atom. The van der Waals surface area contributed by atoms with Crippen LogP contribution in [0.1, 0.15) is 34.6 Å². The van der Waals surface area contributed by atoms with Crippen LogP contribution in [0.25, 0.3) is 0 Å². The number of rotatable bonds is 10. The van der Waals surface area contributed by atoms with Crippen molar-refractivity contribution in [2.24, 2.45) is 0 Å². The zero-order chi connectivity index (χ0) is 23.0. The van der Waals surface area contributed by atoms with Gasteiger partial charge in [-0.15, -0.1) is 0 Å². The van der Waals surface area contributed by atoms with Crippen molar-refractivity contribution in [3.63, 3.8) is 0 Å². The minimum atomic E-state index is -4.51. The van der Waals surface area contributed by atoms with E-state index in [1.54, 1.807) is 6.07 Å². The molecule has 0 aliphatic carbocycles. The van der Waals surface area contributed by atoms with E-state index in [0.29, 0.717) is 25.1 Å². The first-order valence-electron chi connectivity index (χ1n) is 10.3. The second-order valence-electron chi connectivity index (χ2n) is 7.57. The second-order valence-corrected chi connectivity index (χ2v) is 7.95. The molecule has 3 aromatic carbocycles. The van der Waals surface area contributed by atoms with Crippen LogP contribution in [0, 0.1) is 0 Å². The third kappa shape index (κ3) is 6.56. The minimum absolute atomic E-state index is 0.0111. The van der Waals surface area contributed by atoms with Gasteiger partial charge >= 0.3 is 6.18 Å². The first-order valence-corrected chi connectivity index (χ1v) is 10.7. The molecular formula is C25H25ClF3NO2. The van der Waals surface area contributed by atoms with Gasteiger partial charge in [0.25, 0.3) is 0 Å². The first kappa shape index (κ1) is 24.3. The molecule has 170 valence electrons. The summed E-state index contributed by atoms with van der Waals surface area (Å²) >= 11 is 6.16. The van der Waals surface area contributed by atoms with Crippen LogP contribution < -0.4 is 0 Å². The van der Waals surface area contributed by atoms with Crippen LogP contribution in [0.2, 0.25) is 5.02 Å². The fraction of sp³-hybridized carbons (Fsp3) is 0.280. The highest BCUT2D eigenvalue weighted by Crippen LogP contribution is 2.37. The molecule has 0 radical (unpaired) electrons. The molecule has 0 spiro atoms. The van der Waals surface area contributed by atoms with Gasteiger partial charge < -0.3 is 0 Å². The normalized spacial score (nSPS) is 12.0. The highest BCUT2D eigenvalue weighted by atomic mass is 35.5. The molecule has 0 atom stereocenters. The lowest BCUT2D eigenvalue weighted by Crippen LogP contribution is -2.31. The average Bonchev–Trinajstić information content (AvgIpc) is 2.79. The number of halogens is 4. The average molecular weight is 464 g/mol. The summed E-state index contributed by atoms with van der Waals surface area (Å²) in [7, 11) is 0. The van der Waals surface area contributed by atoms with E-state index in [-0.39, 0.29) is 24.1 Å². The van der Waals surface area contributed by atoms with Crippen LogP contribution in [0.3, 0.4) is 0 Å². The van der Waals surface area contributed by atoms with Crippen molar-refractivity contribution < 1.29 is 23.3 Å². The number of benzene rings is 3. The summed E-state index contributed by atoms with van der Waals surface area (Å²) in [6.07, 6.45) is -4.00. The number of hydrogen-bond donors (Lipinski definition) is 1. The maximum Gasteiger partial charge on any atom is 0.417 e. The van der Waals surface area contributed by atoms with Crippen molar-refractivity contribution in [2.75, 3.05) is 19.7 Å². The molecule has 0 fully saturated rings. The molecule has 32 heavy (non-hydrogen) atoms. The molecule has 3 nitrogen and oxygen atoms in total. The highest BCUT2D eigenvalue weighted by molar-refractivity contribution is 6.32. The van der Waals surface area contributed by atoms with E-state index in [1.807, 2.05) is 65.6 Å². The van der Waals surface area contributed by atoms with E-state index in [0.717, 1.165) is 17.2 Å². The number of hydrogen-bond acceptors (Lipinski definition) is 3. The number of alkyl halides is 3. The molecule has 0 bridgehead atoms. The van der Waals surface area contributed by atoms with Crippen LogP contribution in [0.15, 0.2) is 78.9 Å². The van der Waals surface area contributed by atoms with E-state index in [1.165, 1.54) is 6.07 Å². The Morgan fingerprint density at radius 3 is 2.00 bits per heavy atom. The van der Waals surface area contributed by atoms with Crippen LogP contribution >= 0.6 is 11.6 Å². The third-order valence-electron chi connectivity index (χ3n) is 5.33. The zero-order valence-electron chi connectivity index (χ0n) is 17.4. The van der Waals surface area contributed by atoms with Crippen molar-refractivity contribution in [1.82, 2.24) is 4.90 Å². The third-order valence-corrected chi connectivity index (χ3v) is 5.78. The fourth-order valence-electron chi connectivity index (χ4n) is 3.78. The molecule has 0 saturated carbocycles. The molecule has 0 saturated heterocycles. The molecule has 0 amide bonds. The van der Waals surface area contributed by atoms with E-state index < -0.39 is 11.7 Å². The van der Waals surface area contributed by atoms with Gasteiger partial charge in [0, 0.05) is 25.6 Å². The fourth-order valence-corrected chi connectivity index (χ4v) is 4.07. The van der Waals surface area contributed by atoms with Gasteiger partial charge in [0.15, 0.2) is 0 Å². The van der Waals surface area contributed by atoms with E-state index in [9.17, 15) is 13.2 Å². The van der Waals surface area contributed by atoms with Gasteiger partial charge in [0.1, 0.15) is 0 Å². The Bertz CT molecular complexity index is 928. The molecule has 0 heterocycles. The summed E-state index contributed by atoms with van der Waals surface area (Å²) in [4.78, 5) is 6.25. The van der Waals surface area contributed by atoms with Crippen molar-refractivity contribution in [1.29, 1.82) is 0 Å². The molecule has 7 heteroatoms. The lowest BCUT2D eigenvalue weighted by atomic mass is 9.90. The monoisotopic (exact) mass is 463 g/mol. The molecule has 0 aromatic heterocycles. The van der Waals surface area contributed by atoms with Crippen molar-refractivity contribution in [3.8, 4) is 0 Å². The maximum absolute atomic E-state index is 13.3. The van der Waals surface area contributed by atoms with Gasteiger partial charge in [0.05, 0.1) is 17.2 Å². The summed E-state index contributed by atoms with van der Waals surface area (Å²) in [5.41, 5.74) is 1.79. The Morgan fingerprint density at radius 2 is 1.47 bits per heavy atom. The zero-order valence-corrected chi connectivity index (χ0v) is 18.2. The molecule has 1 N–H and O–H groups in total. The number of nitrogens with zero attached hydrogens (tertiary/aromatic N) is 1. The minimum Gasteiger partial charge on any atom is -0.298 e. The standard InChI is InChI=1S/C25H25ClF3NO2/c26-24-21(13-7-14-23(24)25(27,28)29)17-30(15-8-16-32-31)18-22(19-9-3-1-4-10-19)20-11-5-2-6-12-20/h1-7,9-14,22,31H,8,15-18H2. The predicted molar refractivity (Wildman–Crippen MR) is 120 cm³/mol. The lowest BCUT2D eigenvalue weighted by Gasteiger charge is -2.29. The quantitative estimate of drug-likeness (QED) is 0.202. The van der Waals surface area contributed by atoms with E-state index >= 15 is 0 Å². The van der Waals surface area contributed by atoms with Gasteiger partial charge in [0.2, 0.25) is 0 Å². The van der Waals surface area contributed by atoms with Crippen LogP contribution in [-0.4, -0.2) is 29.9 Å². The first-order chi connectivity index (χ1) is 15.4. The van der Waals surface area contributed by atoms with Crippen LogP contribution in [0.5, 0.6) is 0 Å². The second kappa shape index (κ2) is 11.5. The van der Waals surface area contributed by atoms with Gasteiger partial charge in [-0.1, -0.05) is 84.4 Å². The topological polar surface area (TPSA) is 32.7 Å². The predicted octanol–water partition coefficient (Wildman–Crippen LogP) is 6.87. The van der Waals surface area contributed by atoms with Crippen LogP contribution in [0.4, 0.5) is 13.2 Å². The summed E-state index contributed by atoms with van der Waals surface area (Å²) in [6.45, 7) is 1.45. The molecular weight excluding hydrogens is 439 g/mol. The summed E-state index contributed by atoms with van der Waals surface area (Å²) < 4.78 is 40.0. The van der Waals surface area contributed by atoms with Crippen molar-refractivity contribution in [3.05, 3.63) is 106 Å². The highest BCUT2D eigenvalue weighted by Gasteiger charge is 2.34. The molecule has 0 aliphatic rings. The van der Waals surface area contributed by atoms with E-state index in [4.69, 9.17) is 16.9 Å². The smallest absolute Gasteiger partial charge is 0.298 e. The summed E-state index contributed by atoms with van der Waals surface area (Å²) in [5.74, 6) is 0.0111. The molecule has 3 aromatic rings. The van der Waals surface area contributed by atoms with Gasteiger partial charge in [-0.3, -0.25) is 10.2 Å². The summed E-state index contributed by atoms with van der Waals surface area (Å²) in [5, 5.41) is 8.43. The van der Waals surface area contributed by atoms with Gasteiger partial charge in [-0.25, -0.2) is 4.89 Å². The lowest BCUT2D eigenvalue weighted by molar-refractivity contribution is -0.243. The molecule has 0 unspecified atom stereocenters. The maximum atomic E-state index is 13.3. The van der Waals surface area contributed by atoms with Gasteiger partial charge in [-0.2, -0.15) is 13.2 Å². The summed E-state index contributed by atoms with van der Waals surface area (Å²) in [6, 6.07) is 24.0. The largest absolute Gasteiger partial charge is 0.417 e. The van der Waals surface area contributed by atoms with E-state index in [2.05, 4.69) is 4.89 Å². The Labute approximate surface area is 190 Å². The Kier molecular flexibility index (Phi) is 8.70. The van der Waals surface area contributed by atoms with Crippen molar-refractivity contribution >= 4 is 11.6 Å². The Balaban J connectivity index is 1.91.